The lowest BCUT2D eigenvalue weighted by Crippen LogP contribution is -2.08. The Morgan fingerprint density at radius 2 is 1.06 bits per heavy atom. The van der Waals surface area contributed by atoms with Gasteiger partial charge in [-0.05, 0) is 85.7 Å². The van der Waals surface area contributed by atoms with Crippen LogP contribution in [-0.4, -0.2) is 39.9 Å². The van der Waals surface area contributed by atoms with E-state index in [0.717, 1.165) is 33.2 Å². The van der Waals surface area contributed by atoms with Crippen LogP contribution in [0.25, 0.3) is 45.4 Å². The van der Waals surface area contributed by atoms with Crippen LogP contribution in [0.1, 0.15) is 36.6 Å². The summed E-state index contributed by atoms with van der Waals surface area (Å²) in [6.45, 7) is 4.49. The SMILES string of the molecule is CCOc1cc(/C=C(/C#N)c2nc3ccccc3[nH]2)ccc1OCOc1ccc(/C=C(/C#N)c2nc3ccccc3[nH]2)cc1OCC. The Kier molecular flexibility index (Phi) is 9.13. The Hall–Kier alpha value is -6.52. The van der Waals surface area contributed by atoms with Crippen LogP contribution >= 0.6 is 0 Å². The molecule has 10 nitrogen and oxygen atoms in total. The summed E-state index contributed by atoms with van der Waals surface area (Å²) in [6, 6.07) is 30.5. The number of para-hydroxylation sites is 4. The Morgan fingerprint density at radius 1 is 0.617 bits per heavy atom. The number of rotatable bonds is 12. The zero-order valence-corrected chi connectivity index (χ0v) is 25.8. The number of nitrogens with one attached hydrogen (secondary N) is 2. The minimum absolute atomic E-state index is 0.116. The molecule has 0 unspecified atom stereocenters. The van der Waals surface area contributed by atoms with E-state index in [-0.39, 0.29) is 6.79 Å². The first-order chi connectivity index (χ1) is 23.1. The standard InChI is InChI=1S/C37H30N6O4/c1-3-44-34-19-24(17-26(21-38)36-40-28-9-5-6-10-29(28)41-36)13-15-32(34)46-23-47-33-16-14-25(20-35(33)45-4-2)18-27(22-39)37-42-30-11-7-8-12-31(30)43-37/h5-20H,3-4,23H2,1-2H3,(H,40,41)(H,42,43)/b26-17-,27-18-. The molecule has 0 amide bonds. The van der Waals surface area contributed by atoms with Gasteiger partial charge in [0, 0.05) is 0 Å². The fourth-order valence-corrected chi connectivity index (χ4v) is 4.96. The van der Waals surface area contributed by atoms with Crippen LogP contribution in [0.5, 0.6) is 23.0 Å². The van der Waals surface area contributed by atoms with E-state index in [1.54, 1.807) is 36.4 Å². The predicted molar refractivity (Wildman–Crippen MR) is 181 cm³/mol. The van der Waals surface area contributed by atoms with Gasteiger partial charge >= 0.3 is 0 Å². The summed E-state index contributed by atoms with van der Waals surface area (Å²) in [5.41, 5.74) is 5.57. The lowest BCUT2D eigenvalue weighted by molar-refractivity contribution is 0.111. The lowest BCUT2D eigenvalue weighted by atomic mass is 10.1. The first-order valence-electron chi connectivity index (χ1n) is 15.0. The molecule has 6 aromatic rings. The van der Waals surface area contributed by atoms with E-state index in [1.165, 1.54) is 0 Å². The molecule has 0 saturated heterocycles. The fraction of sp³-hybridized carbons (Fsp3) is 0.135. The highest BCUT2D eigenvalue weighted by atomic mass is 16.7. The van der Waals surface area contributed by atoms with Crippen molar-refractivity contribution in [2.75, 3.05) is 20.0 Å². The summed E-state index contributed by atoms with van der Waals surface area (Å²) >= 11 is 0. The van der Waals surface area contributed by atoms with Gasteiger partial charge in [0.05, 0.1) is 46.4 Å². The maximum atomic E-state index is 9.85. The Labute approximate surface area is 271 Å². The number of nitriles is 2. The highest BCUT2D eigenvalue weighted by Gasteiger charge is 2.13. The number of benzene rings is 4. The molecule has 10 heteroatoms. The number of hydrogen-bond acceptors (Lipinski definition) is 8. The van der Waals surface area contributed by atoms with Crippen molar-refractivity contribution >= 4 is 45.4 Å². The zero-order valence-electron chi connectivity index (χ0n) is 25.8. The number of H-pyrrole nitrogens is 2. The van der Waals surface area contributed by atoms with Crippen molar-refractivity contribution in [1.82, 2.24) is 19.9 Å². The molecular weight excluding hydrogens is 592 g/mol. The minimum atomic E-state index is -0.116. The minimum Gasteiger partial charge on any atom is -0.490 e. The van der Waals surface area contributed by atoms with Gasteiger partial charge in [-0.15, -0.1) is 0 Å². The molecule has 0 radical (unpaired) electrons. The van der Waals surface area contributed by atoms with E-state index in [1.807, 2.05) is 74.5 Å². The lowest BCUT2D eigenvalue weighted by Gasteiger charge is -2.15. The molecule has 2 heterocycles. The maximum absolute atomic E-state index is 9.85. The highest BCUT2D eigenvalue weighted by Crippen LogP contribution is 2.33. The van der Waals surface area contributed by atoms with Gasteiger partial charge in [0.25, 0.3) is 0 Å². The molecule has 0 aliphatic heterocycles. The van der Waals surface area contributed by atoms with Crippen molar-refractivity contribution in [1.29, 1.82) is 10.5 Å². The molecule has 4 aromatic carbocycles. The molecule has 0 fully saturated rings. The van der Waals surface area contributed by atoms with Gasteiger partial charge in [-0.25, -0.2) is 9.97 Å². The van der Waals surface area contributed by atoms with Crippen LogP contribution in [0.15, 0.2) is 84.9 Å². The number of aromatic nitrogens is 4. The van der Waals surface area contributed by atoms with Gasteiger partial charge in [0.15, 0.2) is 23.0 Å². The van der Waals surface area contributed by atoms with Crippen molar-refractivity contribution in [3.63, 3.8) is 0 Å². The van der Waals surface area contributed by atoms with E-state index < -0.39 is 0 Å². The number of allylic oxidation sites excluding steroid dienone is 2. The summed E-state index contributed by atoms with van der Waals surface area (Å²) in [5.74, 6) is 2.95. The van der Waals surface area contributed by atoms with Gasteiger partial charge in [-0.1, -0.05) is 36.4 Å². The predicted octanol–water partition coefficient (Wildman–Crippen LogP) is 7.78. The molecular formula is C37H30N6O4. The number of aromatic amines is 2. The van der Waals surface area contributed by atoms with Crippen molar-refractivity contribution in [3.8, 4) is 35.1 Å². The number of ether oxygens (including phenoxy) is 4. The third-order valence-corrected chi connectivity index (χ3v) is 7.12. The van der Waals surface area contributed by atoms with Crippen LogP contribution in [0, 0.1) is 22.7 Å². The smallest absolute Gasteiger partial charge is 0.231 e. The molecule has 0 spiro atoms. The summed E-state index contributed by atoms with van der Waals surface area (Å²) in [4.78, 5) is 15.5. The Balaban J connectivity index is 1.17. The van der Waals surface area contributed by atoms with Crippen molar-refractivity contribution in [3.05, 3.63) is 108 Å². The first-order valence-corrected chi connectivity index (χ1v) is 15.0. The quantitative estimate of drug-likeness (QED) is 0.104. The van der Waals surface area contributed by atoms with Crippen molar-refractivity contribution < 1.29 is 18.9 Å². The van der Waals surface area contributed by atoms with E-state index in [2.05, 4.69) is 32.1 Å². The average Bonchev–Trinajstić information content (AvgIpc) is 3.73. The molecule has 2 aromatic heterocycles. The summed E-state index contributed by atoms with van der Waals surface area (Å²) in [5, 5.41) is 19.7. The van der Waals surface area contributed by atoms with E-state index in [9.17, 15) is 10.5 Å². The van der Waals surface area contributed by atoms with Crippen LogP contribution < -0.4 is 18.9 Å². The van der Waals surface area contributed by atoms with E-state index in [4.69, 9.17) is 18.9 Å². The van der Waals surface area contributed by atoms with E-state index in [0.29, 0.717) is 59.0 Å². The Morgan fingerprint density at radius 3 is 1.47 bits per heavy atom. The normalized spacial score (nSPS) is 11.7. The monoisotopic (exact) mass is 622 g/mol. The third kappa shape index (κ3) is 6.93. The molecule has 0 aliphatic carbocycles. The Bertz CT molecular complexity index is 1980. The van der Waals surface area contributed by atoms with Crippen LogP contribution in [0.2, 0.25) is 0 Å². The van der Waals surface area contributed by atoms with Gasteiger partial charge in [0.2, 0.25) is 6.79 Å². The van der Waals surface area contributed by atoms with E-state index >= 15 is 0 Å². The molecule has 0 saturated carbocycles. The zero-order chi connectivity index (χ0) is 32.6. The second-order valence-corrected chi connectivity index (χ2v) is 10.2. The number of hydrogen-bond donors (Lipinski definition) is 2. The summed E-state index contributed by atoms with van der Waals surface area (Å²) < 4.78 is 23.6. The molecule has 0 aliphatic rings. The van der Waals surface area contributed by atoms with Gasteiger partial charge in [-0.2, -0.15) is 10.5 Å². The first kappa shape index (κ1) is 30.5. The molecule has 0 atom stereocenters. The fourth-order valence-electron chi connectivity index (χ4n) is 4.96. The second-order valence-electron chi connectivity index (χ2n) is 10.2. The summed E-state index contributed by atoms with van der Waals surface area (Å²) in [6.07, 6.45) is 3.49. The van der Waals surface area contributed by atoms with Crippen LogP contribution in [-0.2, 0) is 0 Å². The molecule has 6 rings (SSSR count). The molecule has 0 bridgehead atoms. The molecule has 232 valence electrons. The van der Waals surface area contributed by atoms with Gasteiger partial charge in [-0.3, -0.25) is 0 Å². The van der Waals surface area contributed by atoms with Crippen molar-refractivity contribution in [2.24, 2.45) is 0 Å². The highest BCUT2D eigenvalue weighted by molar-refractivity contribution is 5.91. The van der Waals surface area contributed by atoms with Gasteiger partial charge < -0.3 is 28.9 Å². The third-order valence-electron chi connectivity index (χ3n) is 7.12. The maximum Gasteiger partial charge on any atom is 0.231 e. The second kappa shape index (κ2) is 14.1. The van der Waals surface area contributed by atoms with Crippen LogP contribution in [0.3, 0.4) is 0 Å². The number of fused-ring (bicyclic) bond motifs is 2. The average molecular weight is 623 g/mol. The summed E-state index contributed by atoms with van der Waals surface area (Å²) in [7, 11) is 0. The number of imidazole rings is 2. The van der Waals surface area contributed by atoms with Gasteiger partial charge in [0.1, 0.15) is 23.8 Å². The molecule has 47 heavy (non-hydrogen) atoms. The topological polar surface area (TPSA) is 142 Å². The molecule has 2 N–H and O–H groups in total. The number of nitrogens with zero attached hydrogens (tertiary/aromatic N) is 4. The largest absolute Gasteiger partial charge is 0.490 e. The van der Waals surface area contributed by atoms with Crippen molar-refractivity contribution in [2.45, 2.75) is 13.8 Å². The van der Waals surface area contributed by atoms with Crippen LogP contribution in [0.4, 0.5) is 0 Å².